The van der Waals surface area contributed by atoms with Gasteiger partial charge < -0.3 is 15.5 Å². The Morgan fingerprint density at radius 2 is 2.04 bits per heavy atom. The average Bonchev–Trinajstić information content (AvgIpc) is 2.76. The van der Waals surface area contributed by atoms with Gasteiger partial charge in [0.25, 0.3) is 17.5 Å². The summed E-state index contributed by atoms with van der Waals surface area (Å²) in [6, 6.07) is 2.02. The Bertz CT molecular complexity index is 785. The monoisotopic (exact) mass is 335 g/mol. The predicted octanol–water partition coefficient (Wildman–Crippen LogP) is 0.258. The van der Waals surface area contributed by atoms with Crippen molar-refractivity contribution in [2.24, 2.45) is 0 Å². The number of imide groups is 1. The van der Waals surface area contributed by atoms with Crippen molar-refractivity contribution < 1.29 is 29.5 Å². The van der Waals surface area contributed by atoms with Gasteiger partial charge in [0.15, 0.2) is 0 Å². The van der Waals surface area contributed by atoms with Gasteiger partial charge in [0, 0.05) is 18.2 Å². The molecular formula is C14H13N3O7. The summed E-state index contributed by atoms with van der Waals surface area (Å²) < 4.78 is 0. The molecule has 10 heteroatoms. The van der Waals surface area contributed by atoms with Crippen molar-refractivity contribution >= 4 is 29.2 Å². The molecule has 24 heavy (non-hydrogen) atoms. The number of non-ortho nitro benzene ring substituents is 1. The number of amides is 2. The Kier molecular flexibility index (Phi) is 4.60. The topological polar surface area (TPSA) is 150 Å². The fourth-order valence-electron chi connectivity index (χ4n) is 2.25. The highest BCUT2D eigenvalue weighted by Gasteiger charge is 2.32. The third-order valence-electron chi connectivity index (χ3n) is 3.35. The van der Waals surface area contributed by atoms with E-state index >= 15 is 0 Å². The summed E-state index contributed by atoms with van der Waals surface area (Å²) in [5, 5.41) is 31.5. The maximum Gasteiger partial charge on any atom is 0.338 e. The lowest BCUT2D eigenvalue weighted by Gasteiger charge is -2.15. The summed E-state index contributed by atoms with van der Waals surface area (Å²) in [6.07, 6.45) is 0.977. The first-order valence-corrected chi connectivity index (χ1v) is 6.74. The molecule has 3 N–H and O–H groups in total. The highest BCUT2D eigenvalue weighted by Crippen LogP contribution is 2.29. The highest BCUT2D eigenvalue weighted by molar-refractivity contribution is 6.18. The first-order chi connectivity index (χ1) is 11.3. The molecule has 1 aromatic rings. The number of carbonyl (C=O) groups excluding carboxylic acids is 2. The van der Waals surface area contributed by atoms with Gasteiger partial charge in [-0.15, -0.1) is 0 Å². The molecule has 0 saturated heterocycles. The zero-order valence-corrected chi connectivity index (χ0v) is 12.5. The van der Waals surface area contributed by atoms with Gasteiger partial charge in [-0.3, -0.25) is 24.6 Å². The lowest BCUT2D eigenvalue weighted by Crippen LogP contribution is -2.34. The molecular weight excluding hydrogens is 322 g/mol. The first-order valence-electron chi connectivity index (χ1n) is 6.74. The van der Waals surface area contributed by atoms with Gasteiger partial charge >= 0.3 is 5.97 Å². The van der Waals surface area contributed by atoms with Crippen LogP contribution in [-0.4, -0.2) is 51.0 Å². The molecule has 0 aliphatic carbocycles. The number of carboxylic acid groups (broad SMARTS) is 1. The maximum absolute atomic E-state index is 12.1. The zero-order chi connectivity index (χ0) is 18.0. The Balaban J connectivity index is 2.42. The number of carboxylic acids is 1. The van der Waals surface area contributed by atoms with Gasteiger partial charge in [-0.25, -0.2) is 4.79 Å². The van der Waals surface area contributed by atoms with Crippen LogP contribution in [0.5, 0.6) is 0 Å². The number of nitrogens with one attached hydrogen (secondary N) is 1. The van der Waals surface area contributed by atoms with Gasteiger partial charge in [-0.05, 0) is 12.5 Å². The normalized spacial score (nSPS) is 13.9. The summed E-state index contributed by atoms with van der Waals surface area (Å²) in [6.45, 7) is 0.842. The summed E-state index contributed by atoms with van der Waals surface area (Å²) in [5.41, 5.74) is -0.772. The minimum Gasteiger partial charge on any atom is -0.478 e. The standard InChI is InChI=1S/C14H13N3O7/c1-7-4-8(17(23)24)5-9(14(21)22)12(7)15-10-6-11(19)16(2-3-18)13(10)20/h4-6,15,18H,2-3H2,1H3,(H,21,22). The first kappa shape index (κ1) is 17.1. The SMILES string of the molecule is Cc1cc([N+](=O)[O-])cc(C(=O)O)c1NC1=CC(=O)N(CCO)C1=O. The molecule has 0 spiro atoms. The number of aliphatic hydroxyl groups excluding tert-OH is 1. The van der Waals surface area contributed by atoms with Crippen LogP contribution in [-0.2, 0) is 9.59 Å². The fraction of sp³-hybridized carbons (Fsp3) is 0.214. The Morgan fingerprint density at radius 3 is 2.58 bits per heavy atom. The van der Waals surface area contributed by atoms with Crippen molar-refractivity contribution in [2.75, 3.05) is 18.5 Å². The molecule has 0 unspecified atom stereocenters. The van der Waals surface area contributed by atoms with Gasteiger partial charge in [0.1, 0.15) is 5.70 Å². The quantitative estimate of drug-likeness (QED) is 0.380. The molecule has 126 valence electrons. The summed E-state index contributed by atoms with van der Waals surface area (Å²) >= 11 is 0. The average molecular weight is 335 g/mol. The van der Waals surface area contributed by atoms with Crippen LogP contribution in [0.4, 0.5) is 11.4 Å². The van der Waals surface area contributed by atoms with E-state index in [-0.39, 0.29) is 23.5 Å². The van der Waals surface area contributed by atoms with Gasteiger partial charge in [-0.2, -0.15) is 0 Å². The van der Waals surface area contributed by atoms with Crippen LogP contribution in [0.1, 0.15) is 15.9 Å². The van der Waals surface area contributed by atoms with Crippen LogP contribution in [0.3, 0.4) is 0 Å². The second-order valence-electron chi connectivity index (χ2n) is 4.95. The van der Waals surface area contributed by atoms with Crippen LogP contribution in [0.2, 0.25) is 0 Å². The lowest BCUT2D eigenvalue weighted by molar-refractivity contribution is -0.384. The highest BCUT2D eigenvalue weighted by atomic mass is 16.6. The molecule has 0 bridgehead atoms. The predicted molar refractivity (Wildman–Crippen MR) is 80.3 cm³/mol. The number of aliphatic hydroxyl groups is 1. The number of nitro benzene ring substituents is 1. The number of β-amino-alcohol motifs (C(OH)–C–C–N with tert-alkyl or cyclic N) is 1. The van der Waals surface area contributed by atoms with E-state index in [1.807, 2.05) is 0 Å². The van der Waals surface area contributed by atoms with E-state index in [0.29, 0.717) is 0 Å². The van der Waals surface area contributed by atoms with Gasteiger partial charge in [-0.1, -0.05) is 0 Å². The van der Waals surface area contributed by atoms with Crippen molar-refractivity contribution in [3.8, 4) is 0 Å². The number of benzene rings is 1. The molecule has 2 amide bonds. The number of aromatic carboxylic acids is 1. The number of carbonyl (C=O) groups is 3. The molecule has 2 rings (SSSR count). The second kappa shape index (κ2) is 6.46. The van der Waals surface area contributed by atoms with Crippen LogP contribution in [0.15, 0.2) is 23.9 Å². The minimum atomic E-state index is -1.42. The van der Waals surface area contributed by atoms with E-state index in [4.69, 9.17) is 5.11 Å². The Labute approximate surface area is 135 Å². The maximum atomic E-state index is 12.1. The summed E-state index contributed by atoms with van der Waals surface area (Å²) in [7, 11) is 0. The van der Waals surface area contributed by atoms with Gasteiger partial charge in [0.2, 0.25) is 0 Å². The second-order valence-corrected chi connectivity index (χ2v) is 4.95. The smallest absolute Gasteiger partial charge is 0.338 e. The molecule has 0 fully saturated rings. The van der Waals surface area contributed by atoms with E-state index < -0.39 is 40.6 Å². The van der Waals surface area contributed by atoms with Crippen LogP contribution >= 0.6 is 0 Å². The number of aryl methyl sites for hydroxylation is 1. The Morgan fingerprint density at radius 1 is 1.38 bits per heavy atom. The van der Waals surface area contributed by atoms with Gasteiger partial charge in [0.05, 0.1) is 29.3 Å². The van der Waals surface area contributed by atoms with E-state index in [9.17, 15) is 29.6 Å². The zero-order valence-electron chi connectivity index (χ0n) is 12.5. The third kappa shape index (κ3) is 3.08. The number of nitrogens with zero attached hydrogens (tertiary/aromatic N) is 2. The fourth-order valence-corrected chi connectivity index (χ4v) is 2.25. The number of rotatable bonds is 6. The molecule has 1 aliphatic heterocycles. The minimum absolute atomic E-state index is 0.0219. The molecule has 0 aromatic heterocycles. The van der Waals surface area contributed by atoms with Crippen molar-refractivity contribution in [1.29, 1.82) is 0 Å². The third-order valence-corrected chi connectivity index (χ3v) is 3.35. The largest absolute Gasteiger partial charge is 0.478 e. The van der Waals surface area contributed by atoms with Crippen LogP contribution < -0.4 is 5.32 Å². The van der Waals surface area contributed by atoms with Crippen LogP contribution in [0, 0.1) is 17.0 Å². The molecule has 1 heterocycles. The van der Waals surface area contributed by atoms with E-state index in [0.717, 1.165) is 23.1 Å². The number of hydrogen-bond donors (Lipinski definition) is 3. The number of hydrogen-bond acceptors (Lipinski definition) is 7. The van der Waals surface area contributed by atoms with Crippen molar-refractivity contribution in [1.82, 2.24) is 4.90 Å². The molecule has 0 atom stereocenters. The van der Waals surface area contributed by atoms with Crippen molar-refractivity contribution in [2.45, 2.75) is 6.92 Å². The van der Waals surface area contributed by atoms with E-state index in [1.54, 1.807) is 0 Å². The summed E-state index contributed by atoms with van der Waals surface area (Å²) in [4.78, 5) is 46.1. The van der Waals surface area contributed by atoms with Crippen LogP contribution in [0.25, 0.3) is 0 Å². The summed E-state index contributed by atoms with van der Waals surface area (Å²) in [5.74, 6) is -2.79. The molecule has 1 aliphatic rings. The van der Waals surface area contributed by atoms with Crippen molar-refractivity contribution in [3.63, 3.8) is 0 Å². The van der Waals surface area contributed by atoms with E-state index in [1.165, 1.54) is 6.92 Å². The molecule has 0 radical (unpaired) electrons. The number of nitro groups is 1. The Hall–Kier alpha value is -3.27. The van der Waals surface area contributed by atoms with Crippen molar-refractivity contribution in [3.05, 3.63) is 45.1 Å². The number of anilines is 1. The molecule has 0 saturated carbocycles. The van der Waals surface area contributed by atoms with E-state index in [2.05, 4.69) is 5.32 Å². The molecule has 10 nitrogen and oxygen atoms in total. The molecule has 1 aromatic carbocycles. The lowest BCUT2D eigenvalue weighted by atomic mass is 10.1.